The first-order valence-corrected chi connectivity index (χ1v) is 10.3. The summed E-state index contributed by atoms with van der Waals surface area (Å²) in [5.74, 6) is 0. The van der Waals surface area contributed by atoms with Gasteiger partial charge in [-0.15, -0.1) is 0 Å². The van der Waals surface area contributed by atoms with E-state index in [0.717, 1.165) is 0 Å². The Morgan fingerprint density at radius 2 is 1.18 bits per heavy atom. The molecule has 0 spiro atoms. The molecule has 1 aliphatic rings. The molecule has 2 heterocycles. The standard InChI is InChI=1S/C26H17NS/c1-2-9-17(10-3-1)18-13-8-14-21-24-19-11-4-6-15-22(19)28-23-16-7-5-12-20(23)26(24)27-25(18)21/h1-16,27H. The predicted molar refractivity (Wildman–Crippen MR) is 119 cm³/mol. The number of hydrogen-bond donors (Lipinski definition) is 1. The van der Waals surface area contributed by atoms with Gasteiger partial charge in [0.05, 0.1) is 11.2 Å². The molecule has 0 radical (unpaired) electrons. The molecule has 0 bridgehead atoms. The maximum Gasteiger partial charge on any atom is 0.0556 e. The third-order valence-corrected chi connectivity index (χ3v) is 6.60. The van der Waals surface area contributed by atoms with Gasteiger partial charge in [0, 0.05) is 31.9 Å². The zero-order valence-electron chi connectivity index (χ0n) is 15.1. The first kappa shape index (κ1) is 15.8. The molecule has 1 aliphatic heterocycles. The Hall–Kier alpha value is -3.23. The number of nitrogens with one attached hydrogen (secondary N) is 1. The number of aromatic amines is 1. The van der Waals surface area contributed by atoms with Gasteiger partial charge < -0.3 is 4.98 Å². The average molecular weight is 375 g/mol. The van der Waals surface area contributed by atoms with E-state index in [0.29, 0.717) is 0 Å². The molecule has 0 aliphatic carbocycles. The third-order valence-electron chi connectivity index (χ3n) is 5.45. The second-order valence-electron chi connectivity index (χ2n) is 7.06. The van der Waals surface area contributed by atoms with Crippen LogP contribution in [0.4, 0.5) is 0 Å². The molecule has 0 fully saturated rings. The fraction of sp³-hybridized carbons (Fsp3) is 0. The molecule has 2 heteroatoms. The van der Waals surface area contributed by atoms with E-state index >= 15 is 0 Å². The number of aromatic nitrogens is 1. The summed E-state index contributed by atoms with van der Waals surface area (Å²) in [6.07, 6.45) is 0. The van der Waals surface area contributed by atoms with E-state index in [-0.39, 0.29) is 0 Å². The topological polar surface area (TPSA) is 15.8 Å². The van der Waals surface area contributed by atoms with Gasteiger partial charge >= 0.3 is 0 Å². The van der Waals surface area contributed by atoms with Crippen LogP contribution in [0.3, 0.4) is 0 Å². The van der Waals surface area contributed by atoms with Crippen LogP contribution in [0.2, 0.25) is 0 Å². The molecule has 0 unspecified atom stereocenters. The van der Waals surface area contributed by atoms with E-state index < -0.39 is 0 Å². The second-order valence-corrected chi connectivity index (χ2v) is 8.15. The van der Waals surface area contributed by atoms with Gasteiger partial charge in [-0.3, -0.25) is 0 Å². The lowest BCUT2D eigenvalue weighted by molar-refractivity contribution is 1.38. The van der Waals surface area contributed by atoms with Crippen molar-refractivity contribution in [2.45, 2.75) is 9.79 Å². The zero-order chi connectivity index (χ0) is 18.5. The molecule has 1 aromatic heterocycles. The van der Waals surface area contributed by atoms with Gasteiger partial charge in [0.15, 0.2) is 0 Å². The minimum atomic E-state index is 1.20. The number of rotatable bonds is 1. The lowest BCUT2D eigenvalue weighted by Crippen LogP contribution is -1.82. The van der Waals surface area contributed by atoms with Crippen LogP contribution in [0.15, 0.2) is 107 Å². The Morgan fingerprint density at radius 1 is 0.536 bits per heavy atom. The van der Waals surface area contributed by atoms with Crippen molar-refractivity contribution in [3.05, 3.63) is 97.1 Å². The monoisotopic (exact) mass is 375 g/mol. The molecule has 0 saturated carbocycles. The minimum absolute atomic E-state index is 1.20. The summed E-state index contributed by atoms with van der Waals surface area (Å²) in [6.45, 7) is 0. The van der Waals surface area contributed by atoms with Crippen molar-refractivity contribution in [1.82, 2.24) is 4.98 Å². The van der Waals surface area contributed by atoms with Crippen molar-refractivity contribution in [2.75, 3.05) is 0 Å². The zero-order valence-corrected chi connectivity index (χ0v) is 16.0. The molecule has 4 aromatic carbocycles. The number of benzene rings is 4. The van der Waals surface area contributed by atoms with Gasteiger partial charge in [0.25, 0.3) is 0 Å². The predicted octanol–water partition coefficient (Wildman–Crippen LogP) is 7.63. The highest BCUT2D eigenvalue weighted by atomic mass is 32.2. The van der Waals surface area contributed by atoms with Crippen molar-refractivity contribution >= 4 is 22.7 Å². The fourth-order valence-corrected chi connectivity index (χ4v) is 5.29. The van der Waals surface area contributed by atoms with Crippen LogP contribution in [-0.2, 0) is 0 Å². The summed E-state index contributed by atoms with van der Waals surface area (Å²) in [7, 11) is 0. The summed E-state index contributed by atoms with van der Waals surface area (Å²) in [6, 6.07) is 34.7. The molecule has 0 amide bonds. The van der Waals surface area contributed by atoms with Gasteiger partial charge in [0.2, 0.25) is 0 Å². The van der Waals surface area contributed by atoms with Crippen LogP contribution < -0.4 is 0 Å². The highest BCUT2D eigenvalue weighted by Gasteiger charge is 2.24. The van der Waals surface area contributed by atoms with Crippen LogP contribution in [0.5, 0.6) is 0 Å². The van der Waals surface area contributed by atoms with Gasteiger partial charge in [0.1, 0.15) is 0 Å². The molecule has 0 saturated heterocycles. The van der Waals surface area contributed by atoms with Gasteiger partial charge in [-0.1, -0.05) is 96.7 Å². The Kier molecular flexibility index (Phi) is 3.47. The van der Waals surface area contributed by atoms with Crippen LogP contribution in [0, 0.1) is 0 Å². The lowest BCUT2D eigenvalue weighted by Gasteiger charge is -2.07. The number of para-hydroxylation sites is 1. The molecule has 1 N–H and O–H groups in total. The second kappa shape index (κ2) is 6.15. The van der Waals surface area contributed by atoms with E-state index in [2.05, 4.69) is 102 Å². The van der Waals surface area contributed by atoms with Crippen LogP contribution >= 0.6 is 11.8 Å². The molecule has 1 nitrogen and oxygen atoms in total. The first-order chi connectivity index (χ1) is 13.9. The van der Waals surface area contributed by atoms with E-state index in [4.69, 9.17) is 0 Å². The SMILES string of the molecule is c1ccc(-c2cccc3c4c([nH]c23)-c2ccccc2Sc2ccccc2-4)cc1. The highest BCUT2D eigenvalue weighted by Crippen LogP contribution is 2.50. The van der Waals surface area contributed by atoms with E-state index in [1.165, 1.54) is 54.2 Å². The van der Waals surface area contributed by atoms with Crippen molar-refractivity contribution in [1.29, 1.82) is 0 Å². The van der Waals surface area contributed by atoms with Crippen molar-refractivity contribution in [3.63, 3.8) is 0 Å². The summed E-state index contributed by atoms with van der Waals surface area (Å²) >= 11 is 1.85. The maximum absolute atomic E-state index is 3.81. The smallest absolute Gasteiger partial charge is 0.0556 e. The number of hydrogen-bond acceptors (Lipinski definition) is 1. The summed E-state index contributed by atoms with van der Waals surface area (Å²) in [5.41, 5.74) is 8.78. The van der Waals surface area contributed by atoms with Gasteiger partial charge in [-0.25, -0.2) is 0 Å². The molecular formula is C26H17NS. The van der Waals surface area contributed by atoms with Crippen LogP contribution in [0.25, 0.3) is 44.4 Å². The third kappa shape index (κ3) is 2.28. The summed E-state index contributed by atoms with van der Waals surface area (Å²) < 4.78 is 0. The molecule has 0 atom stereocenters. The first-order valence-electron chi connectivity index (χ1n) is 9.47. The fourth-order valence-electron chi connectivity index (χ4n) is 4.20. The maximum atomic E-state index is 3.81. The molecular weight excluding hydrogens is 358 g/mol. The lowest BCUT2D eigenvalue weighted by atomic mass is 9.96. The Labute approximate surface area is 168 Å². The Balaban J connectivity index is 1.76. The van der Waals surface area contributed by atoms with Crippen molar-refractivity contribution in [2.24, 2.45) is 0 Å². The highest BCUT2D eigenvalue weighted by molar-refractivity contribution is 7.99. The quantitative estimate of drug-likeness (QED) is 0.312. The Bertz CT molecular complexity index is 1330. The Morgan fingerprint density at radius 3 is 2.00 bits per heavy atom. The summed E-state index contributed by atoms with van der Waals surface area (Å²) in [4.78, 5) is 6.41. The van der Waals surface area contributed by atoms with E-state index in [1.807, 2.05) is 11.8 Å². The molecule has 5 aromatic rings. The number of fused-ring (bicyclic) bond motifs is 7. The minimum Gasteiger partial charge on any atom is -0.353 e. The van der Waals surface area contributed by atoms with Crippen molar-refractivity contribution < 1.29 is 0 Å². The summed E-state index contributed by atoms with van der Waals surface area (Å²) in [5, 5.41) is 1.28. The van der Waals surface area contributed by atoms with Crippen LogP contribution in [0.1, 0.15) is 0 Å². The van der Waals surface area contributed by atoms with Gasteiger partial charge in [-0.2, -0.15) is 0 Å². The molecule has 6 rings (SSSR count). The van der Waals surface area contributed by atoms with Crippen LogP contribution in [-0.4, -0.2) is 4.98 Å². The largest absolute Gasteiger partial charge is 0.353 e. The molecule has 132 valence electrons. The van der Waals surface area contributed by atoms with Gasteiger partial charge in [-0.05, 0) is 23.3 Å². The average Bonchev–Trinajstić information content (AvgIpc) is 3.08. The van der Waals surface area contributed by atoms with E-state index in [9.17, 15) is 0 Å². The number of H-pyrrole nitrogens is 1. The van der Waals surface area contributed by atoms with E-state index in [1.54, 1.807) is 0 Å². The normalized spacial score (nSPS) is 12.1. The van der Waals surface area contributed by atoms with Crippen molar-refractivity contribution in [3.8, 4) is 33.5 Å². The molecule has 28 heavy (non-hydrogen) atoms.